The van der Waals surface area contributed by atoms with Gasteiger partial charge in [0.25, 0.3) is 0 Å². The molecule has 0 aliphatic rings. The van der Waals surface area contributed by atoms with Gasteiger partial charge in [0.05, 0.1) is 0 Å². The van der Waals surface area contributed by atoms with Gasteiger partial charge in [-0.15, -0.1) is 0 Å². The zero-order valence-corrected chi connectivity index (χ0v) is 9.45. The number of aliphatic hydroxyl groups excluding tert-OH is 1. The first-order chi connectivity index (χ1) is 6.70. The molecule has 0 amide bonds. The standard InChI is InChI=1S/C10H23NO3/c1-9(7-8-13-3)5-4-6-10(12)14-11-2/h9-12H,4-8H2,1-3H3/t9?,10-/m0/s1. The Hall–Kier alpha value is -0.160. The van der Waals surface area contributed by atoms with E-state index in [2.05, 4.69) is 12.4 Å². The van der Waals surface area contributed by atoms with Gasteiger partial charge in [0.1, 0.15) is 0 Å². The minimum absolute atomic E-state index is 0.650. The maximum Gasteiger partial charge on any atom is 0.174 e. The highest BCUT2D eigenvalue weighted by Crippen LogP contribution is 2.12. The molecule has 0 aliphatic heterocycles. The van der Waals surface area contributed by atoms with Crippen LogP contribution in [0, 0.1) is 5.92 Å². The number of rotatable bonds is 9. The zero-order chi connectivity index (χ0) is 10.8. The van der Waals surface area contributed by atoms with Crippen molar-refractivity contribution in [3.05, 3.63) is 0 Å². The van der Waals surface area contributed by atoms with Crippen LogP contribution in [0.4, 0.5) is 0 Å². The van der Waals surface area contributed by atoms with Gasteiger partial charge in [-0.2, -0.15) is 0 Å². The van der Waals surface area contributed by atoms with Crippen LogP contribution in [-0.4, -0.2) is 32.2 Å². The third-order valence-corrected chi connectivity index (χ3v) is 2.22. The lowest BCUT2D eigenvalue weighted by Gasteiger charge is -2.13. The van der Waals surface area contributed by atoms with Crippen LogP contribution in [0.1, 0.15) is 32.6 Å². The van der Waals surface area contributed by atoms with Crippen LogP contribution >= 0.6 is 0 Å². The summed E-state index contributed by atoms with van der Waals surface area (Å²) in [5.74, 6) is 0.650. The number of nitrogens with one attached hydrogen (secondary N) is 1. The highest BCUT2D eigenvalue weighted by atomic mass is 16.7. The molecule has 0 aromatic rings. The van der Waals surface area contributed by atoms with Gasteiger partial charge in [0.15, 0.2) is 6.29 Å². The Balaban J connectivity index is 3.25. The number of hydrogen-bond donors (Lipinski definition) is 2. The molecule has 0 aliphatic carbocycles. The fourth-order valence-electron chi connectivity index (χ4n) is 1.30. The van der Waals surface area contributed by atoms with E-state index in [1.165, 1.54) is 0 Å². The first-order valence-electron chi connectivity index (χ1n) is 5.20. The van der Waals surface area contributed by atoms with Crippen molar-refractivity contribution in [2.45, 2.75) is 38.9 Å². The Bertz CT molecular complexity index is 122. The van der Waals surface area contributed by atoms with Gasteiger partial charge in [0, 0.05) is 20.8 Å². The fraction of sp³-hybridized carbons (Fsp3) is 1.00. The highest BCUT2D eigenvalue weighted by Gasteiger charge is 2.06. The molecule has 0 aromatic heterocycles. The van der Waals surface area contributed by atoms with Crippen LogP contribution in [0.3, 0.4) is 0 Å². The van der Waals surface area contributed by atoms with Crippen LogP contribution in [0.5, 0.6) is 0 Å². The van der Waals surface area contributed by atoms with Crippen molar-refractivity contribution in [1.29, 1.82) is 0 Å². The van der Waals surface area contributed by atoms with Crippen LogP contribution in [-0.2, 0) is 9.57 Å². The first kappa shape index (κ1) is 13.8. The molecule has 4 heteroatoms. The molecule has 2 N–H and O–H groups in total. The normalized spacial score (nSPS) is 15.4. The van der Waals surface area contributed by atoms with E-state index in [-0.39, 0.29) is 0 Å². The number of hydrogen-bond acceptors (Lipinski definition) is 4. The molecule has 0 spiro atoms. The Kier molecular flexibility index (Phi) is 9.29. The van der Waals surface area contributed by atoms with Gasteiger partial charge in [-0.1, -0.05) is 13.3 Å². The fourth-order valence-corrected chi connectivity index (χ4v) is 1.30. The highest BCUT2D eigenvalue weighted by molar-refractivity contribution is 4.54. The van der Waals surface area contributed by atoms with Gasteiger partial charge in [-0.3, -0.25) is 4.84 Å². The van der Waals surface area contributed by atoms with E-state index >= 15 is 0 Å². The molecular weight excluding hydrogens is 182 g/mol. The van der Waals surface area contributed by atoms with E-state index in [4.69, 9.17) is 9.57 Å². The van der Waals surface area contributed by atoms with E-state index < -0.39 is 6.29 Å². The molecule has 4 nitrogen and oxygen atoms in total. The smallest absolute Gasteiger partial charge is 0.174 e. The molecule has 0 saturated heterocycles. The summed E-state index contributed by atoms with van der Waals surface area (Å²) in [6.07, 6.45) is 3.16. The molecule has 0 fully saturated rings. The third-order valence-electron chi connectivity index (χ3n) is 2.22. The van der Waals surface area contributed by atoms with E-state index in [1.807, 2.05) is 0 Å². The molecule has 0 saturated carbocycles. The van der Waals surface area contributed by atoms with Crippen molar-refractivity contribution in [3.8, 4) is 0 Å². The number of methoxy groups -OCH3 is 1. The first-order valence-corrected chi connectivity index (χ1v) is 5.20. The van der Waals surface area contributed by atoms with Crippen molar-refractivity contribution in [1.82, 2.24) is 5.48 Å². The summed E-state index contributed by atoms with van der Waals surface area (Å²) in [6, 6.07) is 0. The second-order valence-corrected chi connectivity index (χ2v) is 3.59. The molecule has 1 unspecified atom stereocenters. The summed E-state index contributed by atoms with van der Waals surface area (Å²) < 4.78 is 4.99. The minimum atomic E-state index is -0.686. The second kappa shape index (κ2) is 9.40. The molecule has 0 heterocycles. The van der Waals surface area contributed by atoms with Crippen LogP contribution in [0.15, 0.2) is 0 Å². The maximum atomic E-state index is 9.23. The minimum Gasteiger partial charge on any atom is -0.385 e. The quantitative estimate of drug-likeness (QED) is 0.440. The average molecular weight is 205 g/mol. The zero-order valence-electron chi connectivity index (χ0n) is 9.45. The van der Waals surface area contributed by atoms with Crippen LogP contribution < -0.4 is 5.48 Å². The summed E-state index contributed by atoms with van der Waals surface area (Å²) in [5.41, 5.74) is 2.47. The second-order valence-electron chi connectivity index (χ2n) is 3.59. The topological polar surface area (TPSA) is 50.7 Å². The molecule has 0 radical (unpaired) electrons. The number of hydroxylamine groups is 1. The molecular formula is C10H23NO3. The SMILES string of the molecule is CNO[C@H](O)CCCC(C)CCOC. The Morgan fingerprint density at radius 3 is 2.57 bits per heavy atom. The van der Waals surface area contributed by atoms with Crippen LogP contribution in [0.2, 0.25) is 0 Å². The van der Waals surface area contributed by atoms with Crippen LogP contribution in [0.25, 0.3) is 0 Å². The van der Waals surface area contributed by atoms with Gasteiger partial charge < -0.3 is 9.84 Å². The lowest BCUT2D eigenvalue weighted by atomic mass is 10.0. The van der Waals surface area contributed by atoms with Gasteiger partial charge in [-0.05, 0) is 25.2 Å². The van der Waals surface area contributed by atoms with Gasteiger partial charge in [-0.25, -0.2) is 5.48 Å². The molecule has 0 bridgehead atoms. The maximum absolute atomic E-state index is 9.23. The predicted molar refractivity (Wildman–Crippen MR) is 55.7 cm³/mol. The van der Waals surface area contributed by atoms with Crippen molar-refractivity contribution in [2.24, 2.45) is 5.92 Å². The summed E-state index contributed by atoms with van der Waals surface area (Å²) in [5, 5.41) is 9.23. The van der Waals surface area contributed by atoms with Crippen molar-refractivity contribution in [3.63, 3.8) is 0 Å². The average Bonchev–Trinajstić information content (AvgIpc) is 2.15. The van der Waals surface area contributed by atoms with Crippen molar-refractivity contribution >= 4 is 0 Å². The van der Waals surface area contributed by atoms with E-state index in [0.29, 0.717) is 12.3 Å². The van der Waals surface area contributed by atoms with E-state index in [9.17, 15) is 5.11 Å². The monoisotopic (exact) mass is 205 g/mol. The summed E-state index contributed by atoms with van der Waals surface area (Å²) in [4.78, 5) is 4.79. The van der Waals surface area contributed by atoms with Crippen molar-refractivity contribution in [2.75, 3.05) is 20.8 Å². The van der Waals surface area contributed by atoms with Crippen molar-refractivity contribution < 1.29 is 14.7 Å². The van der Waals surface area contributed by atoms with Gasteiger partial charge in [0.2, 0.25) is 0 Å². The van der Waals surface area contributed by atoms with E-state index in [0.717, 1.165) is 25.9 Å². The Morgan fingerprint density at radius 1 is 1.29 bits per heavy atom. The third kappa shape index (κ3) is 8.44. The predicted octanol–water partition coefficient (Wildman–Crippen LogP) is 1.30. The number of ether oxygens (including phenoxy) is 1. The van der Waals surface area contributed by atoms with Gasteiger partial charge >= 0.3 is 0 Å². The molecule has 86 valence electrons. The lowest BCUT2D eigenvalue weighted by molar-refractivity contribution is -0.143. The summed E-state index contributed by atoms with van der Waals surface area (Å²) in [7, 11) is 3.36. The summed E-state index contributed by atoms with van der Waals surface area (Å²) in [6.45, 7) is 3.01. The Morgan fingerprint density at radius 2 is 2.00 bits per heavy atom. The summed E-state index contributed by atoms with van der Waals surface area (Å²) >= 11 is 0. The molecule has 0 rings (SSSR count). The molecule has 2 atom stereocenters. The molecule has 0 aromatic carbocycles. The largest absolute Gasteiger partial charge is 0.385 e. The lowest BCUT2D eigenvalue weighted by Crippen LogP contribution is -2.20. The Labute approximate surface area is 86.5 Å². The van der Waals surface area contributed by atoms with E-state index in [1.54, 1.807) is 14.2 Å². The number of aliphatic hydroxyl groups is 1. The molecule has 14 heavy (non-hydrogen) atoms.